The Morgan fingerprint density at radius 2 is 2.16 bits per heavy atom. The number of rotatable bonds is 3. The maximum Gasteiger partial charge on any atom is 0.254 e. The average Bonchev–Trinajstić information content (AvgIpc) is 2.83. The Morgan fingerprint density at radius 3 is 2.74 bits per heavy atom. The van der Waals surface area contributed by atoms with Gasteiger partial charge in [0.15, 0.2) is 0 Å². The summed E-state index contributed by atoms with van der Waals surface area (Å²) in [5, 5.41) is 0. The topological polar surface area (TPSA) is 66.5 Å². The number of nitrogens with zero attached hydrogens (tertiary/aromatic N) is 1. The summed E-state index contributed by atoms with van der Waals surface area (Å²) in [5.74, 6) is 1.59. The van der Waals surface area contributed by atoms with Gasteiger partial charge >= 0.3 is 0 Å². The molecule has 0 radical (unpaired) electrons. The van der Waals surface area contributed by atoms with E-state index in [9.17, 15) is 13.2 Å². The molecule has 1 N–H and O–H groups in total. The zero-order valence-corrected chi connectivity index (χ0v) is 12.5. The maximum absolute atomic E-state index is 12.2. The van der Waals surface area contributed by atoms with Crippen LogP contribution in [-0.4, -0.2) is 43.7 Å². The molecule has 1 amide bonds. The van der Waals surface area contributed by atoms with Gasteiger partial charge in [0.2, 0.25) is 10.0 Å². The minimum Gasteiger partial charge on any atom is -0.329 e. The van der Waals surface area contributed by atoms with Crippen molar-refractivity contribution in [3.8, 4) is 0 Å². The number of carbonyl (C=O) groups excluding carboxylic acids is 1. The highest BCUT2D eigenvalue weighted by molar-refractivity contribution is 7.99. The second kappa shape index (κ2) is 5.42. The monoisotopic (exact) mass is 300 g/mol. The molecular formula is C12H16N2O3S2. The third-order valence-corrected chi connectivity index (χ3v) is 4.38. The van der Waals surface area contributed by atoms with Crippen molar-refractivity contribution in [3.63, 3.8) is 0 Å². The van der Waals surface area contributed by atoms with E-state index in [0.717, 1.165) is 24.1 Å². The highest BCUT2D eigenvalue weighted by atomic mass is 32.2. The van der Waals surface area contributed by atoms with Crippen LogP contribution in [0.5, 0.6) is 0 Å². The van der Waals surface area contributed by atoms with Crippen LogP contribution in [0.1, 0.15) is 15.9 Å². The Labute approximate surface area is 117 Å². The van der Waals surface area contributed by atoms with E-state index in [4.69, 9.17) is 0 Å². The molecule has 2 rings (SSSR count). The molecule has 1 aliphatic heterocycles. The van der Waals surface area contributed by atoms with Crippen LogP contribution in [0.25, 0.3) is 0 Å². The van der Waals surface area contributed by atoms with Gasteiger partial charge in [-0.2, -0.15) is 0 Å². The predicted octanol–water partition coefficient (Wildman–Crippen LogP) is 1.51. The fourth-order valence-electron chi connectivity index (χ4n) is 1.82. The first kappa shape index (κ1) is 14.2. The van der Waals surface area contributed by atoms with Gasteiger partial charge in [0.1, 0.15) is 0 Å². The molecule has 1 aromatic carbocycles. The molecule has 7 heteroatoms. The molecule has 104 valence electrons. The van der Waals surface area contributed by atoms with Gasteiger partial charge in [-0.05, 0) is 24.6 Å². The molecule has 1 aliphatic rings. The summed E-state index contributed by atoms with van der Waals surface area (Å²) >= 11 is 1.72. The number of amides is 1. The summed E-state index contributed by atoms with van der Waals surface area (Å²) in [7, 11) is -3.34. The average molecular weight is 300 g/mol. The predicted molar refractivity (Wildman–Crippen MR) is 78.0 cm³/mol. The Bertz CT molecular complexity index is 593. The molecule has 0 spiro atoms. The van der Waals surface area contributed by atoms with Crippen LogP contribution >= 0.6 is 11.8 Å². The van der Waals surface area contributed by atoms with Crippen LogP contribution in [0.3, 0.4) is 0 Å². The van der Waals surface area contributed by atoms with E-state index in [0.29, 0.717) is 17.1 Å². The first-order chi connectivity index (χ1) is 8.87. The molecule has 1 fully saturated rings. The fourth-order valence-corrected chi connectivity index (χ4v) is 3.39. The molecule has 0 aliphatic carbocycles. The number of hydrogen-bond acceptors (Lipinski definition) is 4. The number of anilines is 1. The zero-order chi connectivity index (χ0) is 14.0. The van der Waals surface area contributed by atoms with E-state index < -0.39 is 10.0 Å². The number of hydrogen-bond donors (Lipinski definition) is 1. The SMILES string of the molecule is Cc1ccc(C(=O)N2CCSC2)cc1NS(C)(=O)=O. The molecule has 1 saturated heterocycles. The molecule has 1 heterocycles. The van der Waals surface area contributed by atoms with E-state index in [2.05, 4.69) is 4.72 Å². The van der Waals surface area contributed by atoms with Crippen LogP contribution in [0.15, 0.2) is 18.2 Å². The molecule has 0 aromatic heterocycles. The van der Waals surface area contributed by atoms with Crippen molar-refractivity contribution < 1.29 is 13.2 Å². The van der Waals surface area contributed by atoms with Crippen LogP contribution < -0.4 is 4.72 Å². The number of carbonyl (C=O) groups is 1. The van der Waals surface area contributed by atoms with E-state index in [1.54, 1.807) is 41.8 Å². The van der Waals surface area contributed by atoms with Gasteiger partial charge in [0.25, 0.3) is 5.91 Å². The fraction of sp³-hybridized carbons (Fsp3) is 0.417. The lowest BCUT2D eigenvalue weighted by atomic mass is 10.1. The normalized spacial score (nSPS) is 15.6. The van der Waals surface area contributed by atoms with Gasteiger partial charge in [-0.15, -0.1) is 11.8 Å². The molecule has 5 nitrogen and oxygen atoms in total. The third-order valence-electron chi connectivity index (χ3n) is 2.82. The highest BCUT2D eigenvalue weighted by Crippen LogP contribution is 2.21. The first-order valence-corrected chi connectivity index (χ1v) is 8.87. The number of sulfonamides is 1. The van der Waals surface area contributed by atoms with Crippen LogP contribution in [0.2, 0.25) is 0 Å². The summed E-state index contributed by atoms with van der Waals surface area (Å²) in [4.78, 5) is 14.0. The van der Waals surface area contributed by atoms with E-state index >= 15 is 0 Å². The quantitative estimate of drug-likeness (QED) is 0.919. The molecule has 0 saturated carbocycles. The standard InChI is InChI=1S/C12H16N2O3S2/c1-9-3-4-10(7-11(9)13-19(2,16)17)12(15)14-5-6-18-8-14/h3-4,7,13H,5-6,8H2,1-2H3. The van der Waals surface area contributed by atoms with Gasteiger partial charge in [-0.3, -0.25) is 9.52 Å². The Morgan fingerprint density at radius 1 is 1.42 bits per heavy atom. The van der Waals surface area contributed by atoms with Gasteiger partial charge in [-0.25, -0.2) is 8.42 Å². The van der Waals surface area contributed by atoms with Crippen molar-refractivity contribution in [1.29, 1.82) is 0 Å². The summed E-state index contributed by atoms with van der Waals surface area (Å²) in [6.07, 6.45) is 1.10. The van der Waals surface area contributed by atoms with E-state index in [-0.39, 0.29) is 5.91 Å². The lowest BCUT2D eigenvalue weighted by Gasteiger charge is -2.16. The molecular weight excluding hydrogens is 284 g/mol. The highest BCUT2D eigenvalue weighted by Gasteiger charge is 2.20. The molecule has 0 bridgehead atoms. The largest absolute Gasteiger partial charge is 0.329 e. The number of thioether (sulfide) groups is 1. The van der Waals surface area contributed by atoms with Crippen molar-refractivity contribution in [2.75, 3.05) is 29.2 Å². The summed E-state index contributed by atoms with van der Waals surface area (Å²) in [5.41, 5.74) is 1.76. The summed E-state index contributed by atoms with van der Waals surface area (Å²) in [6, 6.07) is 5.08. The summed E-state index contributed by atoms with van der Waals surface area (Å²) < 4.78 is 25.0. The Hall–Kier alpha value is -1.21. The van der Waals surface area contributed by atoms with E-state index in [1.807, 2.05) is 0 Å². The summed E-state index contributed by atoms with van der Waals surface area (Å²) in [6.45, 7) is 2.54. The van der Waals surface area contributed by atoms with Crippen molar-refractivity contribution in [2.45, 2.75) is 6.92 Å². The lowest BCUT2D eigenvalue weighted by Crippen LogP contribution is -2.27. The van der Waals surface area contributed by atoms with Crippen molar-refractivity contribution in [3.05, 3.63) is 29.3 Å². The Kier molecular flexibility index (Phi) is 4.05. The van der Waals surface area contributed by atoms with Gasteiger partial charge in [0.05, 0.1) is 17.8 Å². The van der Waals surface area contributed by atoms with Crippen LogP contribution in [0.4, 0.5) is 5.69 Å². The van der Waals surface area contributed by atoms with Crippen LogP contribution in [-0.2, 0) is 10.0 Å². The second-order valence-corrected chi connectivity index (χ2v) is 7.33. The minimum atomic E-state index is -3.34. The minimum absolute atomic E-state index is 0.0541. The van der Waals surface area contributed by atoms with Crippen LogP contribution in [0, 0.1) is 6.92 Å². The maximum atomic E-state index is 12.2. The Balaban J connectivity index is 2.27. The van der Waals surface area contributed by atoms with Crippen molar-refractivity contribution in [2.24, 2.45) is 0 Å². The van der Waals surface area contributed by atoms with Gasteiger partial charge in [-0.1, -0.05) is 6.07 Å². The molecule has 1 aromatic rings. The zero-order valence-electron chi connectivity index (χ0n) is 10.8. The lowest BCUT2D eigenvalue weighted by molar-refractivity contribution is 0.0803. The second-order valence-electron chi connectivity index (χ2n) is 4.51. The molecule has 0 unspecified atom stereocenters. The molecule has 19 heavy (non-hydrogen) atoms. The number of nitrogens with one attached hydrogen (secondary N) is 1. The number of aryl methyl sites for hydroxylation is 1. The van der Waals surface area contributed by atoms with Crippen molar-refractivity contribution >= 4 is 33.4 Å². The van der Waals surface area contributed by atoms with Gasteiger partial charge < -0.3 is 4.90 Å². The number of benzene rings is 1. The third kappa shape index (κ3) is 3.63. The van der Waals surface area contributed by atoms with Crippen molar-refractivity contribution in [1.82, 2.24) is 4.90 Å². The van der Waals surface area contributed by atoms with E-state index in [1.165, 1.54) is 0 Å². The molecule has 0 atom stereocenters. The first-order valence-electron chi connectivity index (χ1n) is 5.82. The van der Waals surface area contributed by atoms with Gasteiger partial charge in [0, 0.05) is 17.9 Å². The smallest absolute Gasteiger partial charge is 0.254 e.